The summed E-state index contributed by atoms with van der Waals surface area (Å²) in [7, 11) is 0. The van der Waals surface area contributed by atoms with Crippen molar-refractivity contribution < 1.29 is 14.6 Å². The summed E-state index contributed by atoms with van der Waals surface area (Å²) in [6.07, 6.45) is -0.783. The third-order valence-corrected chi connectivity index (χ3v) is 1.91. The number of fused-ring (bicyclic) bond motifs is 1. The maximum absolute atomic E-state index is 10.6. The van der Waals surface area contributed by atoms with Crippen LogP contribution in [0.5, 0.6) is 5.75 Å². The normalized spacial score (nSPS) is 19.5. The van der Waals surface area contributed by atoms with Crippen LogP contribution in [0.3, 0.4) is 0 Å². The Morgan fingerprint density at radius 2 is 2.31 bits per heavy atom. The van der Waals surface area contributed by atoms with Gasteiger partial charge in [-0.2, -0.15) is 0 Å². The summed E-state index contributed by atoms with van der Waals surface area (Å²) in [5.41, 5.74) is 0.847. The molecule has 13 heavy (non-hydrogen) atoms. The van der Waals surface area contributed by atoms with Gasteiger partial charge in [-0.25, -0.2) is 4.79 Å². The second-order valence-corrected chi connectivity index (χ2v) is 2.82. The van der Waals surface area contributed by atoms with Gasteiger partial charge in [0.05, 0.1) is 12.2 Å². The smallest absolute Gasteiger partial charge is 0.346 e. The fourth-order valence-electron chi connectivity index (χ4n) is 1.25. The lowest BCUT2D eigenvalue weighted by Gasteiger charge is -2.24. The fourth-order valence-corrected chi connectivity index (χ4v) is 1.25. The average Bonchev–Trinajstić information content (AvgIpc) is 2.17. The number of nitrogens with one attached hydrogen (secondary N) is 1. The van der Waals surface area contributed by atoms with Crippen molar-refractivity contribution in [2.75, 3.05) is 11.9 Å². The van der Waals surface area contributed by atoms with Crippen molar-refractivity contribution in [1.82, 2.24) is 0 Å². The maximum Gasteiger partial charge on any atom is 0.346 e. The highest BCUT2D eigenvalue weighted by Crippen LogP contribution is 2.27. The third kappa shape index (κ3) is 1.42. The van der Waals surface area contributed by atoms with Crippen LogP contribution in [0.15, 0.2) is 24.3 Å². The van der Waals surface area contributed by atoms with Crippen LogP contribution < -0.4 is 10.1 Å². The molecule has 0 saturated carbocycles. The van der Waals surface area contributed by atoms with Gasteiger partial charge in [-0.15, -0.1) is 0 Å². The molecule has 1 atom stereocenters. The fraction of sp³-hybridized carbons (Fsp3) is 0.222. The summed E-state index contributed by atoms with van der Waals surface area (Å²) in [5, 5.41) is 11.7. The van der Waals surface area contributed by atoms with Crippen LogP contribution in [0.4, 0.5) is 5.69 Å². The quantitative estimate of drug-likeness (QED) is 0.673. The van der Waals surface area contributed by atoms with E-state index in [-0.39, 0.29) is 0 Å². The first-order valence-corrected chi connectivity index (χ1v) is 4.00. The van der Waals surface area contributed by atoms with Gasteiger partial charge >= 0.3 is 5.97 Å². The minimum Gasteiger partial charge on any atom is -0.478 e. The van der Waals surface area contributed by atoms with E-state index in [1.807, 2.05) is 18.2 Å². The van der Waals surface area contributed by atoms with E-state index in [1.54, 1.807) is 6.07 Å². The van der Waals surface area contributed by atoms with Crippen molar-refractivity contribution in [3.05, 3.63) is 24.3 Å². The standard InChI is InChI=1S/C9H9NO3/c11-9(12)8-5-10-6-3-1-2-4-7(6)13-8/h1-4,8,10H,5H2,(H,11,12)/t8-/m0/s1. The topological polar surface area (TPSA) is 58.6 Å². The van der Waals surface area contributed by atoms with E-state index in [9.17, 15) is 4.79 Å². The van der Waals surface area contributed by atoms with Crippen molar-refractivity contribution >= 4 is 11.7 Å². The molecule has 4 heteroatoms. The zero-order chi connectivity index (χ0) is 9.26. The molecule has 1 aliphatic heterocycles. The van der Waals surface area contributed by atoms with E-state index < -0.39 is 12.1 Å². The monoisotopic (exact) mass is 179 g/mol. The molecule has 0 aliphatic carbocycles. The number of rotatable bonds is 1. The Labute approximate surface area is 75.1 Å². The number of hydrogen-bond donors (Lipinski definition) is 2. The van der Waals surface area contributed by atoms with E-state index >= 15 is 0 Å². The van der Waals surface area contributed by atoms with Crippen molar-refractivity contribution in [3.8, 4) is 5.75 Å². The highest BCUT2D eigenvalue weighted by molar-refractivity contribution is 5.75. The van der Waals surface area contributed by atoms with Gasteiger partial charge < -0.3 is 15.2 Å². The molecule has 0 bridgehead atoms. The van der Waals surface area contributed by atoms with E-state index in [0.717, 1.165) is 5.69 Å². The molecule has 0 spiro atoms. The lowest BCUT2D eigenvalue weighted by Crippen LogP contribution is -2.37. The molecule has 0 aromatic heterocycles. The van der Waals surface area contributed by atoms with Crippen LogP contribution in [0, 0.1) is 0 Å². The highest BCUT2D eigenvalue weighted by atomic mass is 16.5. The molecular weight excluding hydrogens is 170 g/mol. The SMILES string of the molecule is O=C(O)[C@@H]1CNc2ccccc2O1. The predicted octanol–water partition coefficient (Wildman–Crippen LogP) is 0.944. The molecule has 2 N–H and O–H groups in total. The first kappa shape index (κ1) is 7.91. The summed E-state index contributed by atoms with van der Waals surface area (Å²) < 4.78 is 5.23. The number of carboxylic acids is 1. The number of aliphatic carboxylic acids is 1. The van der Waals surface area contributed by atoms with Gasteiger partial charge in [-0.05, 0) is 12.1 Å². The molecule has 0 amide bonds. The first-order chi connectivity index (χ1) is 6.27. The van der Waals surface area contributed by atoms with Gasteiger partial charge in [0.15, 0.2) is 0 Å². The number of benzene rings is 1. The summed E-state index contributed by atoms with van der Waals surface area (Å²) in [5.74, 6) is -0.344. The summed E-state index contributed by atoms with van der Waals surface area (Å²) >= 11 is 0. The Hall–Kier alpha value is -1.71. The Morgan fingerprint density at radius 1 is 1.54 bits per heavy atom. The van der Waals surface area contributed by atoms with Gasteiger partial charge in [0.1, 0.15) is 5.75 Å². The van der Waals surface area contributed by atoms with Crippen LogP contribution in [-0.2, 0) is 4.79 Å². The molecule has 1 heterocycles. The molecule has 1 aromatic rings. The average molecular weight is 179 g/mol. The van der Waals surface area contributed by atoms with Gasteiger partial charge in [0.25, 0.3) is 0 Å². The first-order valence-electron chi connectivity index (χ1n) is 4.00. The van der Waals surface area contributed by atoms with Crippen molar-refractivity contribution in [2.24, 2.45) is 0 Å². The molecule has 0 unspecified atom stereocenters. The van der Waals surface area contributed by atoms with Gasteiger partial charge in [0.2, 0.25) is 6.10 Å². The zero-order valence-electron chi connectivity index (χ0n) is 6.86. The number of para-hydroxylation sites is 2. The number of ether oxygens (including phenoxy) is 1. The Bertz CT molecular complexity index is 337. The van der Waals surface area contributed by atoms with Crippen LogP contribution >= 0.6 is 0 Å². The van der Waals surface area contributed by atoms with E-state index in [1.165, 1.54) is 0 Å². The molecule has 0 radical (unpaired) electrons. The molecule has 1 aromatic carbocycles. The predicted molar refractivity (Wildman–Crippen MR) is 47.0 cm³/mol. The van der Waals surface area contributed by atoms with Gasteiger partial charge in [-0.3, -0.25) is 0 Å². The maximum atomic E-state index is 10.6. The molecule has 68 valence electrons. The second kappa shape index (κ2) is 2.97. The second-order valence-electron chi connectivity index (χ2n) is 2.82. The van der Waals surface area contributed by atoms with Crippen LogP contribution in [-0.4, -0.2) is 23.7 Å². The van der Waals surface area contributed by atoms with E-state index in [0.29, 0.717) is 12.3 Å². The number of anilines is 1. The summed E-state index contributed by atoms with van der Waals surface area (Å²) in [6.45, 7) is 0.312. The number of hydrogen-bond acceptors (Lipinski definition) is 3. The van der Waals surface area contributed by atoms with Crippen molar-refractivity contribution in [2.45, 2.75) is 6.10 Å². The molecule has 1 aliphatic rings. The largest absolute Gasteiger partial charge is 0.478 e. The van der Waals surface area contributed by atoms with Crippen LogP contribution in [0.25, 0.3) is 0 Å². The van der Waals surface area contributed by atoms with E-state index in [2.05, 4.69) is 5.32 Å². The Kier molecular flexibility index (Phi) is 1.81. The minimum absolute atomic E-state index is 0.312. The van der Waals surface area contributed by atoms with E-state index in [4.69, 9.17) is 9.84 Å². The summed E-state index contributed by atoms with van der Waals surface area (Å²) in [6, 6.07) is 7.28. The highest BCUT2D eigenvalue weighted by Gasteiger charge is 2.24. The Morgan fingerprint density at radius 3 is 3.08 bits per heavy atom. The van der Waals surface area contributed by atoms with Gasteiger partial charge in [0, 0.05) is 0 Å². The summed E-state index contributed by atoms with van der Waals surface area (Å²) in [4.78, 5) is 10.6. The zero-order valence-corrected chi connectivity index (χ0v) is 6.86. The lowest BCUT2D eigenvalue weighted by atomic mass is 10.2. The minimum atomic E-state index is -0.943. The molecule has 0 fully saturated rings. The molecule has 4 nitrogen and oxygen atoms in total. The lowest BCUT2D eigenvalue weighted by molar-refractivity contribution is -0.144. The van der Waals surface area contributed by atoms with Crippen molar-refractivity contribution in [3.63, 3.8) is 0 Å². The molecular formula is C9H9NO3. The molecule has 2 rings (SSSR count). The van der Waals surface area contributed by atoms with Crippen LogP contribution in [0.2, 0.25) is 0 Å². The number of carbonyl (C=O) groups is 1. The molecule has 0 saturated heterocycles. The number of carboxylic acid groups (broad SMARTS) is 1. The Balaban J connectivity index is 2.24. The van der Waals surface area contributed by atoms with Crippen molar-refractivity contribution in [1.29, 1.82) is 0 Å². The third-order valence-electron chi connectivity index (χ3n) is 1.91. The van der Waals surface area contributed by atoms with Gasteiger partial charge in [-0.1, -0.05) is 12.1 Å². The van der Waals surface area contributed by atoms with Crippen LogP contribution in [0.1, 0.15) is 0 Å².